The molecule has 1 aliphatic rings. The third-order valence-electron chi connectivity index (χ3n) is 3.81. The molecule has 0 unspecified atom stereocenters. The van der Waals surface area contributed by atoms with Gasteiger partial charge in [-0.1, -0.05) is 31.1 Å². The molecule has 0 atom stereocenters. The largest absolute Gasteiger partial charge is 0.389 e. The lowest BCUT2D eigenvalue weighted by Gasteiger charge is -2.28. The van der Waals surface area contributed by atoms with Crippen LogP contribution in [0.25, 0.3) is 0 Å². The van der Waals surface area contributed by atoms with Crippen molar-refractivity contribution in [1.29, 1.82) is 0 Å². The molecule has 1 aromatic carbocycles. The molecule has 0 radical (unpaired) electrons. The van der Waals surface area contributed by atoms with E-state index in [-0.39, 0.29) is 0 Å². The van der Waals surface area contributed by atoms with E-state index in [1.165, 1.54) is 25.7 Å². The minimum atomic E-state index is 0.371. The van der Waals surface area contributed by atoms with Crippen molar-refractivity contribution in [3.05, 3.63) is 28.2 Å². The van der Waals surface area contributed by atoms with E-state index in [2.05, 4.69) is 27.5 Å². The Hall–Kier alpha value is -0.260. The Bertz CT molecular complexity index is 471. The highest BCUT2D eigenvalue weighted by Crippen LogP contribution is 2.40. The first kappa shape index (κ1) is 15.1. The smallest absolute Gasteiger partial charge is 0.107 e. The number of thiocarbonyl (C=S) groups is 1. The van der Waals surface area contributed by atoms with Gasteiger partial charge in [0.15, 0.2) is 0 Å². The Labute approximate surface area is 133 Å². The molecule has 0 bridgehead atoms. The maximum absolute atomic E-state index is 5.82. The average molecular weight is 359 g/mol. The maximum Gasteiger partial charge on any atom is 0.107 e. The molecule has 1 aliphatic carbocycles. The Morgan fingerprint density at radius 2 is 2.16 bits per heavy atom. The molecule has 0 amide bonds. The van der Waals surface area contributed by atoms with Gasteiger partial charge in [-0.15, -0.1) is 0 Å². The number of nitrogens with two attached hydrogens (primary N) is 1. The minimum Gasteiger partial charge on any atom is -0.389 e. The van der Waals surface area contributed by atoms with Crippen LogP contribution in [0.15, 0.2) is 22.7 Å². The molecule has 5 heteroatoms. The first-order valence-electron chi connectivity index (χ1n) is 6.45. The number of hydrogen-bond acceptors (Lipinski definition) is 3. The van der Waals surface area contributed by atoms with E-state index in [0.717, 1.165) is 22.3 Å². The molecule has 0 spiro atoms. The summed E-state index contributed by atoms with van der Waals surface area (Å²) in [5.41, 5.74) is 7.76. The number of nitrogens with one attached hydrogen (secondary N) is 1. The van der Waals surface area contributed by atoms with E-state index in [4.69, 9.17) is 18.0 Å². The van der Waals surface area contributed by atoms with Crippen molar-refractivity contribution in [3.8, 4) is 0 Å². The van der Waals surface area contributed by atoms with E-state index in [1.54, 1.807) is 0 Å². The molecule has 2 rings (SSSR count). The van der Waals surface area contributed by atoms with Gasteiger partial charge in [0.1, 0.15) is 4.99 Å². The summed E-state index contributed by atoms with van der Waals surface area (Å²) in [6.07, 6.45) is 7.46. The van der Waals surface area contributed by atoms with Crippen molar-refractivity contribution in [1.82, 2.24) is 0 Å². The van der Waals surface area contributed by atoms with Gasteiger partial charge in [-0.2, -0.15) is 11.8 Å². The van der Waals surface area contributed by atoms with Crippen LogP contribution >= 0.6 is 39.9 Å². The molecule has 19 heavy (non-hydrogen) atoms. The molecule has 0 aromatic heterocycles. The summed E-state index contributed by atoms with van der Waals surface area (Å²) >= 11 is 10.6. The quantitative estimate of drug-likeness (QED) is 0.774. The molecular formula is C14H19BrN2S2. The van der Waals surface area contributed by atoms with Crippen LogP contribution in [0.3, 0.4) is 0 Å². The second-order valence-electron chi connectivity index (χ2n) is 4.97. The van der Waals surface area contributed by atoms with Crippen molar-refractivity contribution in [2.24, 2.45) is 5.73 Å². The fourth-order valence-electron chi connectivity index (χ4n) is 2.65. The topological polar surface area (TPSA) is 38.0 Å². The molecule has 0 heterocycles. The second-order valence-corrected chi connectivity index (χ2v) is 7.54. The summed E-state index contributed by atoms with van der Waals surface area (Å²) in [6.45, 7) is 0.972. The van der Waals surface area contributed by atoms with Crippen molar-refractivity contribution < 1.29 is 0 Å². The highest BCUT2D eigenvalue weighted by atomic mass is 79.9. The van der Waals surface area contributed by atoms with Crippen LogP contribution in [0.2, 0.25) is 0 Å². The number of halogens is 1. The van der Waals surface area contributed by atoms with Gasteiger partial charge >= 0.3 is 0 Å². The lowest BCUT2D eigenvalue weighted by Crippen LogP contribution is -2.30. The van der Waals surface area contributed by atoms with Gasteiger partial charge < -0.3 is 11.1 Å². The van der Waals surface area contributed by atoms with E-state index in [1.807, 2.05) is 30.0 Å². The Balaban J connectivity index is 2.15. The zero-order valence-corrected chi connectivity index (χ0v) is 14.3. The van der Waals surface area contributed by atoms with Crippen LogP contribution in [-0.2, 0) is 0 Å². The number of anilines is 1. The molecule has 1 saturated carbocycles. The van der Waals surface area contributed by atoms with Gasteiger partial charge in [-0.3, -0.25) is 0 Å². The third-order valence-corrected chi connectivity index (χ3v) is 6.09. The lowest BCUT2D eigenvalue weighted by atomic mass is 10.1. The normalized spacial score (nSPS) is 17.4. The summed E-state index contributed by atoms with van der Waals surface area (Å²) in [6, 6.07) is 6.02. The molecule has 0 aliphatic heterocycles. The van der Waals surface area contributed by atoms with Crippen molar-refractivity contribution in [2.45, 2.75) is 30.4 Å². The SMILES string of the molecule is CSC1(CNc2cccc(Br)c2C(N)=S)CCCC1. The monoisotopic (exact) mass is 358 g/mol. The number of hydrogen-bond donors (Lipinski definition) is 2. The fourth-order valence-corrected chi connectivity index (χ4v) is 4.49. The van der Waals surface area contributed by atoms with Crippen molar-refractivity contribution >= 4 is 50.6 Å². The van der Waals surface area contributed by atoms with Crippen LogP contribution in [0.5, 0.6) is 0 Å². The van der Waals surface area contributed by atoms with Gasteiger partial charge in [-0.25, -0.2) is 0 Å². The van der Waals surface area contributed by atoms with E-state index in [9.17, 15) is 0 Å². The van der Waals surface area contributed by atoms with E-state index < -0.39 is 0 Å². The van der Waals surface area contributed by atoms with Crippen LogP contribution < -0.4 is 11.1 Å². The van der Waals surface area contributed by atoms with Gasteiger partial charge in [0, 0.05) is 27.0 Å². The number of benzene rings is 1. The Morgan fingerprint density at radius 3 is 2.74 bits per heavy atom. The number of rotatable bonds is 5. The van der Waals surface area contributed by atoms with E-state index in [0.29, 0.717) is 9.74 Å². The minimum absolute atomic E-state index is 0.371. The molecule has 104 valence electrons. The van der Waals surface area contributed by atoms with Crippen LogP contribution in [0.4, 0.5) is 5.69 Å². The number of thioether (sulfide) groups is 1. The maximum atomic E-state index is 5.82. The van der Waals surface area contributed by atoms with Crippen LogP contribution in [-0.4, -0.2) is 22.5 Å². The highest BCUT2D eigenvalue weighted by Gasteiger charge is 2.32. The summed E-state index contributed by atoms with van der Waals surface area (Å²) in [5, 5.41) is 3.55. The first-order valence-corrected chi connectivity index (χ1v) is 8.88. The van der Waals surface area contributed by atoms with Crippen molar-refractivity contribution in [3.63, 3.8) is 0 Å². The van der Waals surface area contributed by atoms with Gasteiger partial charge in [0.2, 0.25) is 0 Å². The molecule has 3 N–H and O–H groups in total. The van der Waals surface area contributed by atoms with Crippen molar-refractivity contribution in [2.75, 3.05) is 18.1 Å². The first-order chi connectivity index (χ1) is 9.08. The van der Waals surface area contributed by atoms with Crippen LogP contribution in [0.1, 0.15) is 31.2 Å². The predicted octanol–water partition coefficient (Wildman–Crippen LogP) is 4.17. The molecule has 2 nitrogen and oxygen atoms in total. The Kier molecular flexibility index (Phi) is 5.15. The molecule has 1 aromatic rings. The fraction of sp³-hybridized carbons (Fsp3) is 0.500. The zero-order chi connectivity index (χ0) is 13.9. The van der Waals surface area contributed by atoms with Gasteiger partial charge in [0.05, 0.1) is 0 Å². The summed E-state index contributed by atoms with van der Waals surface area (Å²) in [7, 11) is 0. The second kappa shape index (κ2) is 6.46. The van der Waals surface area contributed by atoms with Crippen LogP contribution in [0, 0.1) is 0 Å². The molecular weight excluding hydrogens is 340 g/mol. The summed E-state index contributed by atoms with van der Waals surface area (Å²) < 4.78 is 1.32. The third kappa shape index (κ3) is 3.44. The highest BCUT2D eigenvalue weighted by molar-refractivity contribution is 9.10. The van der Waals surface area contributed by atoms with Gasteiger partial charge in [0.25, 0.3) is 0 Å². The predicted molar refractivity (Wildman–Crippen MR) is 93.2 cm³/mol. The lowest BCUT2D eigenvalue weighted by molar-refractivity contribution is 0.640. The Morgan fingerprint density at radius 1 is 1.47 bits per heavy atom. The standard InChI is InChI=1S/C14H19BrN2S2/c1-19-14(7-2-3-8-14)9-17-11-6-4-5-10(15)12(11)13(16)18/h4-6,17H,2-3,7-9H2,1H3,(H2,16,18). The summed E-state index contributed by atoms with van der Waals surface area (Å²) in [5.74, 6) is 0. The molecule has 1 fully saturated rings. The average Bonchev–Trinajstić information content (AvgIpc) is 2.85. The summed E-state index contributed by atoms with van der Waals surface area (Å²) in [4.78, 5) is 0.430. The van der Waals surface area contributed by atoms with E-state index >= 15 is 0 Å². The molecule has 0 saturated heterocycles. The van der Waals surface area contributed by atoms with Gasteiger partial charge in [-0.05, 0) is 47.2 Å². The zero-order valence-electron chi connectivity index (χ0n) is 11.0.